The minimum absolute atomic E-state index is 0.705. The molecule has 0 unspecified atom stereocenters. The molecular weight excluding hydrogens is 581 g/mol. The van der Waals surface area contributed by atoms with Gasteiger partial charge in [-0.2, -0.15) is 0 Å². The van der Waals surface area contributed by atoms with Crippen molar-refractivity contribution in [1.29, 1.82) is 0 Å². The highest BCUT2D eigenvalue weighted by molar-refractivity contribution is 7.26. The number of thiophene rings is 1. The maximum Gasteiger partial charge on any atom is 0.180 e. The molecule has 0 radical (unpaired) electrons. The normalized spacial score (nSPS) is 11.9. The van der Waals surface area contributed by atoms with Crippen LogP contribution in [-0.2, 0) is 0 Å². The van der Waals surface area contributed by atoms with Crippen LogP contribution in [0.25, 0.3) is 97.3 Å². The summed E-state index contributed by atoms with van der Waals surface area (Å²) in [5.74, 6) is 0. The summed E-state index contributed by atoms with van der Waals surface area (Å²) >= 11 is 1.85. The van der Waals surface area contributed by atoms with Gasteiger partial charge < -0.3 is 4.42 Å². The number of hydrogen-bond acceptors (Lipinski definition) is 4. The molecule has 0 bridgehead atoms. The smallest absolute Gasteiger partial charge is 0.180 e. The average molecular weight is 605 g/mol. The Morgan fingerprint density at radius 2 is 1.24 bits per heavy atom. The van der Waals surface area contributed by atoms with E-state index < -0.39 is 0 Å². The first kappa shape index (κ1) is 25.5. The molecule has 0 N–H and O–H groups in total. The fraction of sp³-hybridized carbons (Fsp3) is 0. The molecule has 10 aromatic rings. The summed E-state index contributed by atoms with van der Waals surface area (Å²) in [6.07, 6.45) is 1.65. The molecule has 3 nitrogen and oxygen atoms in total. The van der Waals surface area contributed by atoms with E-state index in [1.807, 2.05) is 11.3 Å². The Kier molecular flexibility index (Phi) is 5.45. The minimum Gasteiger partial charge on any atom is -0.452 e. The lowest BCUT2D eigenvalue weighted by molar-refractivity contribution is 0.667. The lowest BCUT2D eigenvalue weighted by Gasteiger charge is -2.07. The molecular formula is C42H24N2OS. The van der Waals surface area contributed by atoms with Crippen LogP contribution in [0.1, 0.15) is 0 Å². The maximum absolute atomic E-state index is 6.48. The van der Waals surface area contributed by atoms with Gasteiger partial charge in [0, 0.05) is 31.1 Å². The summed E-state index contributed by atoms with van der Waals surface area (Å²) in [6.45, 7) is 0. The Hall–Kier alpha value is -5.84. The van der Waals surface area contributed by atoms with E-state index in [-0.39, 0.29) is 0 Å². The maximum atomic E-state index is 6.48. The van der Waals surface area contributed by atoms with Gasteiger partial charge in [0.15, 0.2) is 5.58 Å². The van der Waals surface area contributed by atoms with Gasteiger partial charge in [-0.3, -0.25) is 0 Å². The summed E-state index contributed by atoms with van der Waals surface area (Å²) in [7, 11) is 0. The third-order valence-electron chi connectivity index (χ3n) is 9.18. The number of benzene rings is 7. The lowest BCUT2D eigenvalue weighted by Crippen LogP contribution is -1.88. The molecule has 3 heterocycles. The quantitative estimate of drug-likeness (QED) is 0.188. The van der Waals surface area contributed by atoms with Gasteiger partial charge >= 0.3 is 0 Å². The van der Waals surface area contributed by atoms with Crippen LogP contribution in [0.5, 0.6) is 0 Å². The van der Waals surface area contributed by atoms with Crippen molar-refractivity contribution in [3.8, 4) is 33.5 Å². The topological polar surface area (TPSA) is 38.9 Å². The van der Waals surface area contributed by atoms with Crippen molar-refractivity contribution in [1.82, 2.24) is 9.97 Å². The first-order chi connectivity index (χ1) is 22.8. The molecule has 3 aromatic heterocycles. The molecule has 4 heteroatoms. The molecule has 0 amide bonds. The highest BCUT2D eigenvalue weighted by atomic mass is 32.1. The number of fused-ring (bicyclic) bond motifs is 9. The Balaban J connectivity index is 1.09. The second kappa shape index (κ2) is 9.83. The van der Waals surface area contributed by atoms with E-state index in [0.29, 0.717) is 5.58 Å². The van der Waals surface area contributed by atoms with Crippen molar-refractivity contribution >= 4 is 75.1 Å². The molecule has 0 atom stereocenters. The molecule has 46 heavy (non-hydrogen) atoms. The summed E-state index contributed by atoms with van der Waals surface area (Å²) < 4.78 is 9.08. The van der Waals surface area contributed by atoms with Gasteiger partial charge in [-0.15, -0.1) is 11.3 Å². The predicted molar refractivity (Wildman–Crippen MR) is 194 cm³/mol. The van der Waals surface area contributed by atoms with Crippen LogP contribution >= 0.6 is 11.3 Å². The molecule has 0 spiro atoms. The van der Waals surface area contributed by atoms with Crippen LogP contribution in [0.2, 0.25) is 0 Å². The van der Waals surface area contributed by atoms with Crippen molar-refractivity contribution in [2.24, 2.45) is 0 Å². The standard InChI is InChI=1S/C42H24N2OS/c1-2-10-31-25(7-1)15-16-29-21-26(17-19-32(29)31)27-18-20-37-36(23-27)40-41(45-37)39(43-24-44-40)30-9-5-8-28(22-30)33-12-6-13-35-34-11-3-4-14-38(34)46-42(33)35/h1-24H. The SMILES string of the molecule is c1cc(-c2ncnc3c2oc2ccc(-c4ccc5c(ccc6ccccc65)c4)cc23)cc(-c2cccc3c2sc2ccccc23)c1. The molecule has 7 aromatic carbocycles. The summed E-state index contributed by atoms with van der Waals surface area (Å²) in [4.78, 5) is 9.46. The van der Waals surface area contributed by atoms with E-state index in [4.69, 9.17) is 14.4 Å². The van der Waals surface area contributed by atoms with Crippen molar-refractivity contribution in [3.05, 3.63) is 146 Å². The number of nitrogens with zero attached hydrogens (tertiary/aromatic N) is 2. The first-order valence-corrected chi connectivity index (χ1v) is 16.2. The van der Waals surface area contributed by atoms with Crippen LogP contribution in [0, 0.1) is 0 Å². The first-order valence-electron chi connectivity index (χ1n) is 15.4. The lowest BCUT2D eigenvalue weighted by atomic mass is 9.97. The van der Waals surface area contributed by atoms with Crippen LogP contribution < -0.4 is 0 Å². The van der Waals surface area contributed by atoms with Crippen LogP contribution in [0.4, 0.5) is 0 Å². The van der Waals surface area contributed by atoms with Crippen molar-refractivity contribution < 1.29 is 4.42 Å². The van der Waals surface area contributed by atoms with Crippen LogP contribution in [0.15, 0.2) is 150 Å². The zero-order valence-electron chi connectivity index (χ0n) is 24.6. The van der Waals surface area contributed by atoms with Gasteiger partial charge in [0.1, 0.15) is 23.1 Å². The molecule has 214 valence electrons. The molecule has 0 aliphatic carbocycles. The molecule has 0 saturated carbocycles. The van der Waals surface area contributed by atoms with Crippen molar-refractivity contribution in [2.75, 3.05) is 0 Å². The Morgan fingerprint density at radius 1 is 0.478 bits per heavy atom. The minimum atomic E-state index is 0.705. The largest absolute Gasteiger partial charge is 0.452 e. The molecule has 0 saturated heterocycles. The van der Waals surface area contributed by atoms with Gasteiger partial charge in [0.05, 0.1) is 0 Å². The number of hydrogen-bond donors (Lipinski definition) is 0. The third kappa shape index (κ3) is 3.84. The van der Waals surface area contributed by atoms with Gasteiger partial charge in [0.25, 0.3) is 0 Å². The highest BCUT2D eigenvalue weighted by Crippen LogP contribution is 2.41. The van der Waals surface area contributed by atoms with Crippen molar-refractivity contribution in [3.63, 3.8) is 0 Å². The second-order valence-corrected chi connectivity index (χ2v) is 12.8. The Bertz CT molecular complexity index is 2830. The van der Waals surface area contributed by atoms with Crippen LogP contribution in [-0.4, -0.2) is 9.97 Å². The molecule has 0 aliphatic rings. The summed E-state index contributed by atoms with van der Waals surface area (Å²) in [5.41, 5.74) is 8.81. The second-order valence-electron chi connectivity index (χ2n) is 11.8. The monoisotopic (exact) mass is 604 g/mol. The Morgan fingerprint density at radius 3 is 2.22 bits per heavy atom. The molecule has 10 rings (SSSR count). The average Bonchev–Trinajstić information content (AvgIpc) is 3.69. The zero-order chi connectivity index (χ0) is 30.2. The number of furan rings is 1. The zero-order valence-corrected chi connectivity index (χ0v) is 25.4. The van der Waals surface area contributed by atoms with E-state index >= 15 is 0 Å². The molecule has 0 fully saturated rings. The highest BCUT2D eigenvalue weighted by Gasteiger charge is 2.17. The fourth-order valence-electron chi connectivity index (χ4n) is 6.96. The molecule has 0 aliphatic heterocycles. The van der Waals surface area contributed by atoms with Gasteiger partial charge in [0.2, 0.25) is 0 Å². The Labute approximate surface area is 268 Å². The summed E-state index contributed by atoms with van der Waals surface area (Å²) in [5, 5.41) is 8.60. The van der Waals surface area contributed by atoms with E-state index in [9.17, 15) is 0 Å². The fourth-order valence-corrected chi connectivity index (χ4v) is 8.20. The van der Waals surface area contributed by atoms with E-state index in [1.54, 1.807) is 6.33 Å². The third-order valence-corrected chi connectivity index (χ3v) is 10.4. The number of rotatable bonds is 3. The van der Waals surface area contributed by atoms with Gasteiger partial charge in [-0.25, -0.2) is 9.97 Å². The van der Waals surface area contributed by atoms with Gasteiger partial charge in [-0.05, 0) is 74.1 Å². The predicted octanol–water partition coefficient (Wildman–Crippen LogP) is 12.1. The number of aromatic nitrogens is 2. The van der Waals surface area contributed by atoms with E-state index in [1.165, 1.54) is 47.3 Å². The summed E-state index contributed by atoms with van der Waals surface area (Å²) in [6, 6.07) is 49.9. The van der Waals surface area contributed by atoms with Gasteiger partial charge in [-0.1, -0.05) is 109 Å². The van der Waals surface area contributed by atoms with E-state index in [0.717, 1.165) is 44.4 Å². The van der Waals surface area contributed by atoms with Crippen LogP contribution in [0.3, 0.4) is 0 Å². The van der Waals surface area contributed by atoms with Crippen molar-refractivity contribution in [2.45, 2.75) is 0 Å². The van der Waals surface area contributed by atoms with E-state index in [2.05, 4.69) is 140 Å².